The minimum Gasteiger partial charge on any atom is -0.368 e. The van der Waals surface area contributed by atoms with Crippen LogP contribution in [0.4, 0.5) is 5.82 Å². The summed E-state index contributed by atoms with van der Waals surface area (Å²) in [5.41, 5.74) is 1.63. The predicted octanol–water partition coefficient (Wildman–Crippen LogP) is 3.86. The number of carbonyl (C=O) groups is 1. The molecule has 4 rings (SSSR count). The Morgan fingerprint density at radius 3 is 2.57 bits per heavy atom. The maximum atomic E-state index is 12.4. The first-order valence-corrected chi connectivity index (χ1v) is 11.7. The van der Waals surface area contributed by atoms with Crippen LogP contribution in [0.1, 0.15) is 38.1 Å². The molecule has 0 spiro atoms. The van der Waals surface area contributed by atoms with Gasteiger partial charge in [-0.15, -0.1) is 0 Å². The highest BCUT2D eigenvalue weighted by Crippen LogP contribution is 2.20. The lowest BCUT2D eigenvalue weighted by molar-refractivity contribution is -0.121. The third-order valence-electron chi connectivity index (χ3n) is 5.77. The third-order valence-corrected chi connectivity index (χ3v) is 5.77. The van der Waals surface area contributed by atoms with Gasteiger partial charge >= 0.3 is 0 Å². The number of benzene rings is 2. The van der Waals surface area contributed by atoms with E-state index in [0.29, 0.717) is 55.3 Å². The first-order chi connectivity index (χ1) is 16.8. The van der Waals surface area contributed by atoms with Gasteiger partial charge in [0.25, 0.3) is 5.56 Å². The topological polar surface area (TPSA) is 126 Å². The summed E-state index contributed by atoms with van der Waals surface area (Å²) in [7, 11) is 0. The molecular formula is C26H30N6O3. The van der Waals surface area contributed by atoms with Crippen molar-refractivity contribution in [2.75, 3.05) is 18.4 Å². The van der Waals surface area contributed by atoms with Gasteiger partial charge in [0, 0.05) is 36.9 Å². The number of nitrogens with zero attached hydrogens (tertiary/aromatic N) is 3. The predicted molar refractivity (Wildman–Crippen MR) is 135 cm³/mol. The maximum Gasteiger partial charge on any atom is 0.272 e. The van der Waals surface area contributed by atoms with Gasteiger partial charge in [-0.1, -0.05) is 67.0 Å². The Kier molecular flexibility index (Phi) is 7.24. The fourth-order valence-electron chi connectivity index (χ4n) is 3.64. The third kappa shape index (κ3) is 6.32. The van der Waals surface area contributed by atoms with Crippen LogP contribution in [0.2, 0.25) is 0 Å². The molecule has 0 unspecified atom stereocenters. The van der Waals surface area contributed by atoms with Crippen molar-refractivity contribution in [3.8, 4) is 11.4 Å². The van der Waals surface area contributed by atoms with Crippen molar-refractivity contribution in [3.05, 3.63) is 70.3 Å². The van der Waals surface area contributed by atoms with Crippen molar-refractivity contribution in [3.63, 3.8) is 0 Å². The molecule has 0 saturated carbocycles. The van der Waals surface area contributed by atoms with Gasteiger partial charge < -0.3 is 15.2 Å². The van der Waals surface area contributed by atoms with Crippen molar-refractivity contribution in [2.45, 2.75) is 40.0 Å². The Morgan fingerprint density at radius 2 is 1.80 bits per heavy atom. The summed E-state index contributed by atoms with van der Waals surface area (Å²) in [4.78, 5) is 28.8. The first kappa shape index (κ1) is 24.1. The molecule has 182 valence electrons. The van der Waals surface area contributed by atoms with E-state index in [1.165, 1.54) is 5.56 Å². The molecule has 3 N–H and O–H groups in total. The number of nitrogens with one attached hydrogen (secondary N) is 3. The molecule has 9 nitrogen and oxygen atoms in total. The Morgan fingerprint density at radius 1 is 1.06 bits per heavy atom. The van der Waals surface area contributed by atoms with E-state index in [0.717, 1.165) is 10.9 Å². The number of aryl methyl sites for hydroxylation is 2. The number of aromatic amines is 1. The van der Waals surface area contributed by atoms with Crippen LogP contribution < -0.4 is 16.2 Å². The highest BCUT2D eigenvalue weighted by atomic mass is 16.5. The van der Waals surface area contributed by atoms with Crippen LogP contribution in [0.5, 0.6) is 0 Å². The second-order valence-corrected chi connectivity index (χ2v) is 9.47. The lowest BCUT2D eigenvalue weighted by atomic mass is 9.93. The Hall–Kier alpha value is -4.01. The summed E-state index contributed by atoms with van der Waals surface area (Å²) in [6.45, 7) is 7.20. The van der Waals surface area contributed by atoms with Gasteiger partial charge in [0.1, 0.15) is 0 Å². The van der Waals surface area contributed by atoms with Gasteiger partial charge in [-0.05, 0) is 24.8 Å². The molecule has 0 fully saturated rings. The molecule has 2 aromatic carbocycles. The maximum absolute atomic E-state index is 12.4. The lowest BCUT2D eigenvalue weighted by Crippen LogP contribution is -2.38. The number of aromatic nitrogens is 4. The standard InChI is InChI=1S/C26H30N6O3/c1-17-11-13-18(14-12-17)23-29-22(35-32-23)10-6-9-21(33)27-15-26(2,3)16-28-24-19-7-4-5-8-20(19)25(34)31-30-24/h4-5,7-8,11-14H,6,9-10,15-16H2,1-3H3,(H,27,33)(H,28,30)(H,31,34). The molecule has 0 atom stereocenters. The number of fused-ring (bicyclic) bond motifs is 1. The minimum absolute atomic E-state index is 0.0241. The summed E-state index contributed by atoms with van der Waals surface area (Å²) in [6.07, 6.45) is 1.54. The fourth-order valence-corrected chi connectivity index (χ4v) is 3.64. The first-order valence-electron chi connectivity index (χ1n) is 11.7. The van der Waals surface area contributed by atoms with E-state index in [1.54, 1.807) is 6.07 Å². The van der Waals surface area contributed by atoms with E-state index in [9.17, 15) is 9.59 Å². The van der Waals surface area contributed by atoms with Crippen molar-refractivity contribution in [2.24, 2.45) is 5.41 Å². The molecule has 0 bridgehead atoms. The number of anilines is 1. The van der Waals surface area contributed by atoms with Crippen LogP contribution in [-0.4, -0.2) is 39.3 Å². The average Bonchev–Trinajstić information content (AvgIpc) is 3.32. The van der Waals surface area contributed by atoms with Crippen molar-refractivity contribution in [1.29, 1.82) is 0 Å². The Bertz CT molecular complexity index is 1360. The summed E-state index contributed by atoms with van der Waals surface area (Å²) < 4.78 is 5.33. The van der Waals surface area contributed by atoms with Crippen LogP contribution in [0, 0.1) is 12.3 Å². The minimum atomic E-state index is -0.232. The SMILES string of the molecule is Cc1ccc(-c2noc(CCCC(=O)NCC(C)(C)CNc3n[nH]c(=O)c4ccccc34)n2)cc1. The summed E-state index contributed by atoms with van der Waals surface area (Å²) >= 11 is 0. The van der Waals surface area contributed by atoms with Crippen molar-refractivity contribution < 1.29 is 9.32 Å². The smallest absolute Gasteiger partial charge is 0.272 e. The highest BCUT2D eigenvalue weighted by molar-refractivity contribution is 5.90. The average molecular weight is 475 g/mol. The van der Waals surface area contributed by atoms with Gasteiger partial charge in [0.05, 0.1) is 5.39 Å². The molecule has 0 aliphatic carbocycles. The molecule has 1 amide bonds. The van der Waals surface area contributed by atoms with E-state index in [4.69, 9.17) is 4.52 Å². The van der Waals surface area contributed by atoms with Gasteiger partial charge in [0.15, 0.2) is 5.82 Å². The van der Waals surface area contributed by atoms with Crippen LogP contribution in [0.15, 0.2) is 57.8 Å². The molecule has 35 heavy (non-hydrogen) atoms. The number of hydrogen-bond acceptors (Lipinski definition) is 7. The second-order valence-electron chi connectivity index (χ2n) is 9.47. The molecule has 9 heteroatoms. The van der Waals surface area contributed by atoms with E-state index in [1.807, 2.05) is 49.4 Å². The molecular weight excluding hydrogens is 444 g/mol. The quantitative estimate of drug-likeness (QED) is 0.319. The van der Waals surface area contributed by atoms with Crippen molar-refractivity contribution in [1.82, 2.24) is 25.7 Å². The van der Waals surface area contributed by atoms with E-state index in [-0.39, 0.29) is 16.9 Å². The molecule has 0 saturated heterocycles. The van der Waals surface area contributed by atoms with Gasteiger partial charge in [-0.25, -0.2) is 5.10 Å². The van der Waals surface area contributed by atoms with E-state index >= 15 is 0 Å². The zero-order valence-electron chi connectivity index (χ0n) is 20.2. The van der Waals surface area contributed by atoms with E-state index < -0.39 is 0 Å². The van der Waals surface area contributed by atoms with E-state index in [2.05, 4.69) is 44.8 Å². The number of rotatable bonds is 10. The lowest BCUT2D eigenvalue weighted by Gasteiger charge is -2.25. The molecule has 4 aromatic rings. The number of H-pyrrole nitrogens is 1. The molecule has 0 aliphatic rings. The van der Waals surface area contributed by atoms with Gasteiger partial charge in [-0.3, -0.25) is 9.59 Å². The summed E-state index contributed by atoms with van der Waals surface area (Å²) in [5.74, 6) is 1.68. The van der Waals surface area contributed by atoms with Crippen LogP contribution in [0.25, 0.3) is 22.2 Å². The monoisotopic (exact) mass is 474 g/mol. The second kappa shape index (κ2) is 10.5. The summed E-state index contributed by atoms with van der Waals surface area (Å²) in [6, 6.07) is 15.3. The normalized spacial score (nSPS) is 11.5. The van der Waals surface area contributed by atoms with Gasteiger partial charge in [-0.2, -0.15) is 10.1 Å². The number of hydrogen-bond donors (Lipinski definition) is 3. The highest BCUT2D eigenvalue weighted by Gasteiger charge is 2.20. The largest absolute Gasteiger partial charge is 0.368 e. The van der Waals surface area contributed by atoms with Crippen LogP contribution in [-0.2, 0) is 11.2 Å². The molecule has 2 aromatic heterocycles. The Labute approximate surface area is 203 Å². The molecule has 0 radical (unpaired) electrons. The van der Waals surface area contributed by atoms with Gasteiger partial charge in [0.2, 0.25) is 17.6 Å². The number of amides is 1. The molecule has 0 aliphatic heterocycles. The molecule has 2 heterocycles. The van der Waals surface area contributed by atoms with Crippen LogP contribution in [0.3, 0.4) is 0 Å². The van der Waals surface area contributed by atoms with Crippen molar-refractivity contribution >= 4 is 22.5 Å². The number of carbonyl (C=O) groups excluding carboxylic acids is 1. The summed E-state index contributed by atoms with van der Waals surface area (Å²) in [5, 5.41) is 18.4. The Balaban J connectivity index is 1.22. The fraction of sp³-hybridized carbons (Fsp3) is 0.346. The zero-order chi connectivity index (χ0) is 24.8. The van der Waals surface area contributed by atoms with Crippen LogP contribution >= 0.6 is 0 Å². The zero-order valence-corrected chi connectivity index (χ0v) is 20.2.